The number of carbonyl (C=O) groups is 4. The van der Waals surface area contributed by atoms with Crippen LogP contribution in [0.3, 0.4) is 0 Å². The van der Waals surface area contributed by atoms with E-state index in [1.54, 1.807) is 36.4 Å². The second-order valence-corrected chi connectivity index (χ2v) is 6.67. The molecule has 0 bridgehead atoms. The van der Waals surface area contributed by atoms with Gasteiger partial charge < -0.3 is 0 Å². The fourth-order valence-corrected chi connectivity index (χ4v) is 3.21. The van der Waals surface area contributed by atoms with E-state index < -0.39 is 23.6 Å². The highest BCUT2D eigenvalue weighted by atomic mass is 16.2. The number of nitrogens with zero attached hydrogens (tertiary/aromatic N) is 1. The smallest absolute Gasteiger partial charge is 0.262 e. The third-order valence-electron chi connectivity index (χ3n) is 4.40. The largest absolute Gasteiger partial charge is 0.294 e. The van der Waals surface area contributed by atoms with Gasteiger partial charge >= 0.3 is 0 Å². The number of amides is 2. The molecule has 128 valence electrons. The van der Waals surface area contributed by atoms with Crippen LogP contribution in [0.5, 0.6) is 0 Å². The van der Waals surface area contributed by atoms with Gasteiger partial charge in [-0.25, -0.2) is 0 Å². The van der Waals surface area contributed by atoms with Crippen LogP contribution in [-0.4, -0.2) is 34.3 Å². The summed E-state index contributed by atoms with van der Waals surface area (Å²) in [6.07, 6.45) is 5.29. The Labute approximate surface area is 146 Å². The molecular formula is C20H19NO4. The molecule has 1 aliphatic carbocycles. The first-order valence-corrected chi connectivity index (χ1v) is 8.33. The van der Waals surface area contributed by atoms with Crippen molar-refractivity contribution < 1.29 is 19.2 Å². The van der Waals surface area contributed by atoms with E-state index >= 15 is 0 Å². The van der Waals surface area contributed by atoms with Crippen LogP contribution in [-0.2, 0) is 9.59 Å². The SMILES string of the molecule is CC(C)CC(C(=O)C1=CC=CCC1=O)N1C(=O)c2ccccc2C1=O. The predicted octanol–water partition coefficient (Wildman–Crippen LogP) is 2.72. The summed E-state index contributed by atoms with van der Waals surface area (Å²) in [6.45, 7) is 3.82. The van der Waals surface area contributed by atoms with Crippen molar-refractivity contribution in [2.45, 2.75) is 32.7 Å². The van der Waals surface area contributed by atoms with E-state index in [4.69, 9.17) is 0 Å². The Balaban J connectivity index is 2.00. The lowest BCUT2D eigenvalue weighted by Crippen LogP contribution is -2.47. The number of ketones is 2. The van der Waals surface area contributed by atoms with E-state index in [0.29, 0.717) is 17.5 Å². The van der Waals surface area contributed by atoms with Crippen LogP contribution in [0.4, 0.5) is 0 Å². The molecule has 3 rings (SSSR count). The van der Waals surface area contributed by atoms with Crippen LogP contribution in [0, 0.1) is 5.92 Å². The van der Waals surface area contributed by atoms with Crippen LogP contribution in [0.1, 0.15) is 47.4 Å². The van der Waals surface area contributed by atoms with Gasteiger partial charge in [-0.1, -0.05) is 38.1 Å². The molecule has 0 saturated heterocycles. The molecule has 1 aromatic rings. The van der Waals surface area contributed by atoms with Gasteiger partial charge in [-0.05, 0) is 30.5 Å². The molecule has 0 aromatic heterocycles. The Morgan fingerprint density at radius 2 is 1.68 bits per heavy atom. The number of allylic oxidation sites excluding steroid dienone is 3. The Bertz CT molecular complexity index is 797. The first kappa shape index (κ1) is 17.0. The Kier molecular flexibility index (Phi) is 4.49. The van der Waals surface area contributed by atoms with Crippen molar-refractivity contribution in [1.82, 2.24) is 4.90 Å². The molecule has 0 radical (unpaired) electrons. The van der Waals surface area contributed by atoms with Crippen LogP contribution in [0.25, 0.3) is 0 Å². The number of benzene rings is 1. The molecular weight excluding hydrogens is 318 g/mol. The zero-order chi connectivity index (χ0) is 18.1. The van der Waals surface area contributed by atoms with Gasteiger partial charge in [-0.2, -0.15) is 0 Å². The van der Waals surface area contributed by atoms with Gasteiger partial charge in [0.2, 0.25) is 0 Å². The first-order valence-electron chi connectivity index (χ1n) is 8.33. The molecule has 1 heterocycles. The quantitative estimate of drug-likeness (QED) is 0.612. The fraction of sp³-hybridized carbons (Fsp3) is 0.300. The van der Waals surface area contributed by atoms with Crippen molar-refractivity contribution in [1.29, 1.82) is 0 Å². The van der Waals surface area contributed by atoms with Gasteiger partial charge in [0.1, 0.15) is 6.04 Å². The van der Waals surface area contributed by atoms with Crippen LogP contribution < -0.4 is 0 Å². The van der Waals surface area contributed by atoms with Crippen LogP contribution >= 0.6 is 0 Å². The lowest BCUT2D eigenvalue weighted by molar-refractivity contribution is -0.123. The van der Waals surface area contributed by atoms with E-state index in [1.165, 1.54) is 6.08 Å². The molecule has 0 N–H and O–H groups in total. The monoisotopic (exact) mass is 337 g/mol. The standard InChI is InChI=1S/C20H19NO4/c1-12(2)11-16(18(23)15-9-5-6-10-17(15)22)21-19(24)13-7-3-4-8-14(13)20(21)25/h3-9,12,16H,10-11H2,1-2H3. The van der Waals surface area contributed by atoms with Gasteiger partial charge in [-0.15, -0.1) is 0 Å². The van der Waals surface area contributed by atoms with Crippen LogP contribution in [0.2, 0.25) is 0 Å². The Hall–Kier alpha value is -2.82. The molecule has 0 saturated carbocycles. The maximum atomic E-state index is 13.0. The maximum absolute atomic E-state index is 13.0. The number of hydrogen-bond donors (Lipinski definition) is 0. The van der Waals surface area contributed by atoms with Crippen molar-refractivity contribution >= 4 is 23.4 Å². The van der Waals surface area contributed by atoms with Gasteiger partial charge in [-0.3, -0.25) is 24.1 Å². The molecule has 1 aliphatic heterocycles. The van der Waals surface area contributed by atoms with Crippen molar-refractivity contribution in [2.24, 2.45) is 5.92 Å². The number of Topliss-reactive ketones (excluding diaryl/α,β-unsaturated/α-hetero) is 2. The second kappa shape index (κ2) is 6.59. The molecule has 5 heteroatoms. The minimum Gasteiger partial charge on any atom is -0.294 e. The van der Waals surface area contributed by atoms with Crippen LogP contribution in [0.15, 0.2) is 48.1 Å². The zero-order valence-electron chi connectivity index (χ0n) is 14.2. The highest BCUT2D eigenvalue weighted by molar-refractivity contribution is 6.27. The first-order chi connectivity index (χ1) is 11.9. The third-order valence-corrected chi connectivity index (χ3v) is 4.40. The number of rotatable bonds is 5. The average Bonchev–Trinajstić information content (AvgIpc) is 2.84. The lowest BCUT2D eigenvalue weighted by atomic mass is 9.90. The molecule has 1 aromatic carbocycles. The highest BCUT2D eigenvalue weighted by Gasteiger charge is 2.43. The van der Waals surface area contributed by atoms with E-state index in [9.17, 15) is 19.2 Å². The summed E-state index contributed by atoms with van der Waals surface area (Å²) < 4.78 is 0. The number of carbonyl (C=O) groups excluding carboxylic acids is 4. The van der Waals surface area contributed by atoms with Gasteiger partial charge in [0.25, 0.3) is 11.8 Å². The Morgan fingerprint density at radius 1 is 1.08 bits per heavy atom. The summed E-state index contributed by atoms with van der Waals surface area (Å²) in [7, 11) is 0. The molecule has 5 nitrogen and oxygen atoms in total. The topological polar surface area (TPSA) is 71.5 Å². The van der Waals surface area contributed by atoms with Crippen molar-refractivity contribution in [3.05, 3.63) is 59.2 Å². The predicted molar refractivity (Wildman–Crippen MR) is 92.0 cm³/mol. The summed E-state index contributed by atoms with van der Waals surface area (Å²) in [4.78, 5) is 51.6. The highest BCUT2D eigenvalue weighted by Crippen LogP contribution is 2.29. The van der Waals surface area contributed by atoms with E-state index in [2.05, 4.69) is 0 Å². The van der Waals surface area contributed by atoms with Gasteiger partial charge in [0.15, 0.2) is 11.6 Å². The van der Waals surface area contributed by atoms with Crippen molar-refractivity contribution in [2.75, 3.05) is 0 Å². The van der Waals surface area contributed by atoms with Gasteiger partial charge in [0.05, 0.1) is 16.7 Å². The molecule has 2 amide bonds. The Morgan fingerprint density at radius 3 is 2.20 bits per heavy atom. The van der Waals surface area contributed by atoms with E-state index in [-0.39, 0.29) is 23.7 Å². The molecule has 1 atom stereocenters. The summed E-state index contributed by atoms with van der Waals surface area (Å²) in [5, 5.41) is 0. The minimum absolute atomic E-state index is 0.0599. The van der Waals surface area contributed by atoms with Gasteiger partial charge in [0, 0.05) is 6.42 Å². The lowest BCUT2D eigenvalue weighted by Gasteiger charge is -2.27. The molecule has 0 fully saturated rings. The summed E-state index contributed by atoms with van der Waals surface area (Å²) >= 11 is 0. The molecule has 2 aliphatic rings. The normalized spacial score (nSPS) is 17.8. The second-order valence-electron chi connectivity index (χ2n) is 6.67. The fourth-order valence-electron chi connectivity index (χ4n) is 3.21. The number of hydrogen-bond acceptors (Lipinski definition) is 4. The number of fused-ring (bicyclic) bond motifs is 1. The van der Waals surface area contributed by atoms with E-state index in [0.717, 1.165) is 4.90 Å². The number of imide groups is 1. The maximum Gasteiger partial charge on any atom is 0.262 e. The molecule has 0 spiro atoms. The average molecular weight is 337 g/mol. The molecule has 25 heavy (non-hydrogen) atoms. The van der Waals surface area contributed by atoms with E-state index in [1.807, 2.05) is 13.8 Å². The summed E-state index contributed by atoms with van der Waals surface area (Å²) in [5.74, 6) is -1.61. The molecule has 1 unspecified atom stereocenters. The van der Waals surface area contributed by atoms with Crippen molar-refractivity contribution in [3.8, 4) is 0 Å². The minimum atomic E-state index is -0.964. The third kappa shape index (κ3) is 2.97. The summed E-state index contributed by atoms with van der Waals surface area (Å²) in [5.41, 5.74) is 0.667. The zero-order valence-corrected chi connectivity index (χ0v) is 14.2. The summed E-state index contributed by atoms with van der Waals surface area (Å²) in [6, 6.07) is 5.57. The van der Waals surface area contributed by atoms with Crippen molar-refractivity contribution in [3.63, 3.8) is 0 Å².